The van der Waals surface area contributed by atoms with Crippen molar-refractivity contribution in [3.8, 4) is 17.2 Å². The van der Waals surface area contributed by atoms with Gasteiger partial charge in [-0.15, -0.1) is 0 Å². The van der Waals surface area contributed by atoms with Gasteiger partial charge in [-0.25, -0.2) is 4.79 Å². The Balaban J connectivity index is 2.00. The molecule has 0 spiro atoms. The van der Waals surface area contributed by atoms with Crippen LogP contribution in [0.15, 0.2) is 48.5 Å². The van der Waals surface area contributed by atoms with Crippen molar-refractivity contribution in [2.45, 2.75) is 6.54 Å². The van der Waals surface area contributed by atoms with E-state index < -0.39 is 6.09 Å². The molecule has 0 saturated heterocycles. The van der Waals surface area contributed by atoms with Gasteiger partial charge in [-0.1, -0.05) is 24.3 Å². The van der Waals surface area contributed by atoms with Crippen LogP contribution in [0, 0.1) is 0 Å². The number of ether oxygens (including phenoxy) is 2. The van der Waals surface area contributed by atoms with Crippen molar-refractivity contribution in [1.82, 2.24) is 4.90 Å². The minimum absolute atomic E-state index is 0.0655. The van der Waals surface area contributed by atoms with Gasteiger partial charge in [0.05, 0.1) is 7.11 Å². The lowest BCUT2D eigenvalue weighted by molar-refractivity contribution is 0.160. The number of methoxy groups -OCH3 is 1. The van der Waals surface area contributed by atoms with E-state index in [2.05, 4.69) is 0 Å². The molecule has 0 unspecified atom stereocenters. The zero-order valence-electron chi connectivity index (χ0n) is 11.9. The summed E-state index contributed by atoms with van der Waals surface area (Å²) in [5, 5.41) is 9.54. The summed E-state index contributed by atoms with van der Waals surface area (Å²) >= 11 is 0. The number of amides is 1. The van der Waals surface area contributed by atoms with E-state index in [1.54, 1.807) is 43.4 Å². The highest BCUT2D eigenvalue weighted by molar-refractivity contribution is 5.70. The molecule has 0 aromatic heterocycles. The van der Waals surface area contributed by atoms with Crippen LogP contribution in [-0.4, -0.2) is 30.3 Å². The van der Waals surface area contributed by atoms with Crippen LogP contribution in [0.2, 0.25) is 0 Å². The number of rotatable bonds is 4. The number of carbonyl (C=O) groups excluding carboxylic acids is 1. The molecule has 21 heavy (non-hydrogen) atoms. The highest BCUT2D eigenvalue weighted by atomic mass is 16.6. The van der Waals surface area contributed by atoms with Gasteiger partial charge in [0, 0.05) is 13.6 Å². The smallest absolute Gasteiger partial charge is 0.415 e. The zero-order valence-corrected chi connectivity index (χ0v) is 11.9. The normalized spacial score (nSPS) is 10.0. The highest BCUT2D eigenvalue weighted by Crippen LogP contribution is 2.26. The lowest BCUT2D eigenvalue weighted by Crippen LogP contribution is -2.29. The Morgan fingerprint density at radius 1 is 1.19 bits per heavy atom. The predicted molar refractivity (Wildman–Crippen MR) is 78.6 cm³/mol. The Kier molecular flexibility index (Phi) is 4.66. The Morgan fingerprint density at radius 3 is 2.57 bits per heavy atom. The fourth-order valence-corrected chi connectivity index (χ4v) is 1.83. The Bertz CT molecular complexity index is 613. The van der Waals surface area contributed by atoms with Crippen molar-refractivity contribution < 1.29 is 19.4 Å². The van der Waals surface area contributed by atoms with Crippen LogP contribution >= 0.6 is 0 Å². The molecule has 1 N–H and O–H groups in total. The van der Waals surface area contributed by atoms with Gasteiger partial charge in [0.25, 0.3) is 0 Å². The minimum Gasteiger partial charge on any atom is -0.504 e. The highest BCUT2D eigenvalue weighted by Gasteiger charge is 2.12. The standard InChI is InChI=1S/C16H17NO4/c1-17(16(19)21-13-6-4-3-5-7-13)11-12-8-9-14(18)15(10-12)20-2/h3-10,18H,11H2,1-2H3. The van der Waals surface area contributed by atoms with E-state index in [4.69, 9.17) is 9.47 Å². The monoisotopic (exact) mass is 287 g/mol. The molecule has 0 heterocycles. The van der Waals surface area contributed by atoms with Gasteiger partial charge >= 0.3 is 6.09 Å². The van der Waals surface area contributed by atoms with Gasteiger partial charge < -0.3 is 19.5 Å². The van der Waals surface area contributed by atoms with Crippen LogP contribution in [-0.2, 0) is 6.54 Å². The van der Waals surface area contributed by atoms with Gasteiger partial charge in [-0.3, -0.25) is 0 Å². The largest absolute Gasteiger partial charge is 0.504 e. The average molecular weight is 287 g/mol. The van der Waals surface area contributed by atoms with Crippen molar-refractivity contribution in [1.29, 1.82) is 0 Å². The molecule has 0 bridgehead atoms. The molecule has 0 atom stereocenters. The molecule has 0 aliphatic heterocycles. The van der Waals surface area contributed by atoms with Crippen LogP contribution in [0.3, 0.4) is 0 Å². The lowest BCUT2D eigenvalue weighted by Gasteiger charge is -2.17. The first-order valence-corrected chi connectivity index (χ1v) is 6.44. The van der Waals surface area contributed by atoms with E-state index in [1.165, 1.54) is 18.1 Å². The van der Waals surface area contributed by atoms with Gasteiger partial charge in [-0.2, -0.15) is 0 Å². The maximum Gasteiger partial charge on any atom is 0.415 e. The zero-order chi connectivity index (χ0) is 15.2. The van der Waals surface area contributed by atoms with Crippen LogP contribution in [0.5, 0.6) is 17.2 Å². The van der Waals surface area contributed by atoms with Crippen molar-refractivity contribution in [2.24, 2.45) is 0 Å². The molecule has 0 fully saturated rings. The minimum atomic E-state index is -0.451. The molecular formula is C16H17NO4. The SMILES string of the molecule is COc1cc(CN(C)C(=O)Oc2ccccc2)ccc1O. The third-order valence-corrected chi connectivity index (χ3v) is 2.92. The summed E-state index contributed by atoms with van der Waals surface area (Å²) in [5.41, 5.74) is 0.831. The third kappa shape index (κ3) is 3.89. The Labute approximate surface area is 123 Å². The average Bonchev–Trinajstić information content (AvgIpc) is 2.50. The number of benzene rings is 2. The maximum absolute atomic E-state index is 12.0. The number of carbonyl (C=O) groups is 1. The van der Waals surface area contributed by atoms with Crippen molar-refractivity contribution >= 4 is 6.09 Å². The fourth-order valence-electron chi connectivity index (χ4n) is 1.83. The van der Waals surface area contributed by atoms with E-state index in [0.29, 0.717) is 18.0 Å². The number of phenolic OH excluding ortho intramolecular Hbond substituents is 1. The second kappa shape index (κ2) is 6.65. The van der Waals surface area contributed by atoms with Crippen LogP contribution in [0.4, 0.5) is 4.79 Å². The molecule has 2 aromatic carbocycles. The number of aromatic hydroxyl groups is 1. The second-order valence-corrected chi connectivity index (χ2v) is 4.54. The number of para-hydroxylation sites is 1. The maximum atomic E-state index is 12.0. The Hall–Kier alpha value is -2.69. The number of hydrogen-bond donors (Lipinski definition) is 1. The summed E-state index contributed by atoms with van der Waals surface area (Å²) < 4.78 is 10.3. The van der Waals surface area contributed by atoms with Crippen LogP contribution in [0.1, 0.15) is 5.56 Å². The van der Waals surface area contributed by atoms with E-state index in [-0.39, 0.29) is 5.75 Å². The van der Waals surface area contributed by atoms with Crippen molar-refractivity contribution in [3.63, 3.8) is 0 Å². The van der Waals surface area contributed by atoms with Gasteiger partial charge in [-0.05, 0) is 29.8 Å². The first-order chi connectivity index (χ1) is 10.1. The fraction of sp³-hybridized carbons (Fsp3) is 0.188. The summed E-state index contributed by atoms with van der Waals surface area (Å²) in [6.45, 7) is 0.350. The molecule has 0 saturated carbocycles. The summed E-state index contributed by atoms with van der Waals surface area (Å²) in [6, 6.07) is 13.8. The van der Waals surface area contributed by atoms with Gasteiger partial charge in [0.15, 0.2) is 11.5 Å². The number of hydrogen-bond acceptors (Lipinski definition) is 4. The summed E-state index contributed by atoms with van der Waals surface area (Å²) in [5.74, 6) is 0.936. The predicted octanol–water partition coefficient (Wildman–Crippen LogP) is 3.03. The third-order valence-electron chi connectivity index (χ3n) is 2.92. The Morgan fingerprint density at radius 2 is 1.90 bits per heavy atom. The van der Waals surface area contributed by atoms with Crippen LogP contribution < -0.4 is 9.47 Å². The molecule has 0 aliphatic rings. The summed E-state index contributed by atoms with van der Waals surface area (Å²) in [7, 11) is 3.12. The molecule has 1 amide bonds. The molecule has 0 aliphatic carbocycles. The quantitative estimate of drug-likeness (QED) is 0.939. The first kappa shape index (κ1) is 14.7. The van der Waals surface area contributed by atoms with Crippen molar-refractivity contribution in [3.05, 3.63) is 54.1 Å². The van der Waals surface area contributed by atoms with Crippen molar-refractivity contribution in [2.75, 3.05) is 14.2 Å². The molecular weight excluding hydrogens is 270 g/mol. The molecule has 2 aromatic rings. The molecule has 2 rings (SSSR count). The van der Waals surface area contributed by atoms with Gasteiger partial charge in [0.1, 0.15) is 5.75 Å². The van der Waals surface area contributed by atoms with E-state index in [1.807, 2.05) is 6.07 Å². The van der Waals surface area contributed by atoms with Gasteiger partial charge in [0.2, 0.25) is 0 Å². The molecule has 0 radical (unpaired) electrons. The number of phenols is 1. The topological polar surface area (TPSA) is 59.0 Å². The summed E-state index contributed by atoms with van der Waals surface area (Å²) in [4.78, 5) is 13.4. The molecule has 5 nitrogen and oxygen atoms in total. The molecule has 110 valence electrons. The molecule has 5 heteroatoms. The van der Waals surface area contributed by atoms with E-state index >= 15 is 0 Å². The van der Waals surface area contributed by atoms with E-state index in [0.717, 1.165) is 5.56 Å². The number of nitrogens with zero attached hydrogens (tertiary/aromatic N) is 1. The summed E-state index contributed by atoms with van der Waals surface area (Å²) in [6.07, 6.45) is -0.451. The van der Waals surface area contributed by atoms with Crippen LogP contribution in [0.25, 0.3) is 0 Å². The lowest BCUT2D eigenvalue weighted by atomic mass is 10.2. The second-order valence-electron chi connectivity index (χ2n) is 4.54. The van der Waals surface area contributed by atoms with E-state index in [9.17, 15) is 9.90 Å². The first-order valence-electron chi connectivity index (χ1n) is 6.44.